The van der Waals surface area contributed by atoms with Crippen molar-refractivity contribution in [1.29, 1.82) is 0 Å². The second kappa shape index (κ2) is 2.91. The van der Waals surface area contributed by atoms with Crippen LogP contribution in [0.25, 0.3) is 0 Å². The molecule has 0 aromatic rings. The first-order valence-corrected chi connectivity index (χ1v) is 4.38. The summed E-state index contributed by atoms with van der Waals surface area (Å²) < 4.78 is 0. The van der Waals surface area contributed by atoms with Gasteiger partial charge in [0, 0.05) is 12.1 Å². The first kappa shape index (κ1) is 8.06. The Labute approximate surface area is 64.4 Å². The van der Waals surface area contributed by atoms with E-state index in [1.54, 1.807) is 0 Å². The molecule has 1 aliphatic rings. The lowest BCUT2D eigenvalue weighted by Crippen LogP contribution is -2.29. The first-order valence-electron chi connectivity index (χ1n) is 4.38. The molecule has 1 heteroatoms. The second-order valence-electron chi connectivity index (χ2n) is 3.66. The van der Waals surface area contributed by atoms with Gasteiger partial charge in [-0.25, -0.2) is 0 Å². The highest BCUT2D eigenvalue weighted by molar-refractivity contribution is 4.86. The summed E-state index contributed by atoms with van der Waals surface area (Å²) in [5.41, 5.74) is 0. The van der Waals surface area contributed by atoms with E-state index in [1.807, 2.05) is 0 Å². The average Bonchev–Trinajstić information content (AvgIpc) is 2.17. The average molecular weight is 141 g/mol. The molecule has 1 nitrogen and oxygen atoms in total. The smallest absolute Gasteiger partial charge is 0.00954 e. The number of hydrogen-bond acceptors (Lipinski definition) is 1. The van der Waals surface area contributed by atoms with Crippen LogP contribution in [0.5, 0.6) is 0 Å². The van der Waals surface area contributed by atoms with Gasteiger partial charge in [0.25, 0.3) is 0 Å². The van der Waals surface area contributed by atoms with Crippen LogP contribution < -0.4 is 0 Å². The van der Waals surface area contributed by atoms with Gasteiger partial charge in [-0.2, -0.15) is 0 Å². The third-order valence-electron chi connectivity index (χ3n) is 3.19. The summed E-state index contributed by atoms with van der Waals surface area (Å²) in [6.45, 7) is 6.97. The Morgan fingerprint density at radius 2 is 2.00 bits per heavy atom. The van der Waals surface area contributed by atoms with E-state index in [-0.39, 0.29) is 0 Å². The molecular weight excluding hydrogens is 122 g/mol. The van der Waals surface area contributed by atoms with Crippen molar-refractivity contribution in [1.82, 2.24) is 4.90 Å². The summed E-state index contributed by atoms with van der Waals surface area (Å²) in [6, 6.07) is 1.61. The highest BCUT2D eigenvalue weighted by Gasteiger charge is 2.31. The van der Waals surface area contributed by atoms with Crippen LogP contribution in [0.1, 0.15) is 33.6 Å². The molecule has 1 aliphatic heterocycles. The Morgan fingerprint density at radius 1 is 1.40 bits per heavy atom. The standard InChI is InChI=1S/C9H19N/c1-5-9-6-7(2)10(4)8(9)3/h7-9H,5-6H2,1-4H3. The molecule has 10 heavy (non-hydrogen) atoms. The van der Waals surface area contributed by atoms with Gasteiger partial charge < -0.3 is 4.90 Å². The number of likely N-dealkylation sites (tertiary alicyclic amines) is 1. The van der Waals surface area contributed by atoms with Gasteiger partial charge in [-0.05, 0) is 33.2 Å². The van der Waals surface area contributed by atoms with Gasteiger partial charge in [-0.3, -0.25) is 0 Å². The minimum absolute atomic E-state index is 0.806. The van der Waals surface area contributed by atoms with Gasteiger partial charge in [0.1, 0.15) is 0 Å². The van der Waals surface area contributed by atoms with Gasteiger partial charge in [-0.15, -0.1) is 0 Å². The summed E-state index contributed by atoms with van der Waals surface area (Å²) in [5, 5.41) is 0. The van der Waals surface area contributed by atoms with Crippen molar-refractivity contribution in [2.24, 2.45) is 5.92 Å². The molecule has 0 aliphatic carbocycles. The molecule has 0 radical (unpaired) electrons. The minimum atomic E-state index is 0.806. The number of rotatable bonds is 1. The molecule has 3 unspecified atom stereocenters. The van der Waals surface area contributed by atoms with E-state index in [1.165, 1.54) is 12.8 Å². The van der Waals surface area contributed by atoms with Gasteiger partial charge in [0.05, 0.1) is 0 Å². The SMILES string of the molecule is CCC1CC(C)N(C)C1C. The monoisotopic (exact) mass is 141 g/mol. The lowest BCUT2D eigenvalue weighted by molar-refractivity contribution is 0.248. The summed E-state index contributed by atoms with van der Waals surface area (Å²) in [5.74, 6) is 0.944. The fourth-order valence-corrected chi connectivity index (χ4v) is 2.04. The van der Waals surface area contributed by atoms with Gasteiger partial charge in [0.2, 0.25) is 0 Å². The predicted octanol–water partition coefficient (Wildman–Crippen LogP) is 2.13. The summed E-state index contributed by atoms with van der Waals surface area (Å²) >= 11 is 0. The molecule has 0 aromatic carbocycles. The molecule has 1 saturated heterocycles. The van der Waals surface area contributed by atoms with Crippen molar-refractivity contribution in [2.45, 2.75) is 45.7 Å². The molecule has 1 heterocycles. The molecular formula is C9H19N. The molecule has 0 bridgehead atoms. The maximum absolute atomic E-state index is 2.49. The van der Waals surface area contributed by atoms with Gasteiger partial charge >= 0.3 is 0 Å². The van der Waals surface area contributed by atoms with Gasteiger partial charge in [-0.1, -0.05) is 13.3 Å². The molecule has 0 N–H and O–H groups in total. The Morgan fingerprint density at radius 3 is 2.20 bits per heavy atom. The van der Waals surface area contributed by atoms with Crippen molar-refractivity contribution in [2.75, 3.05) is 7.05 Å². The van der Waals surface area contributed by atoms with E-state index in [2.05, 4.69) is 32.7 Å². The molecule has 0 amide bonds. The normalized spacial score (nSPS) is 42.6. The molecule has 0 spiro atoms. The topological polar surface area (TPSA) is 3.24 Å². The quantitative estimate of drug-likeness (QED) is 0.540. The van der Waals surface area contributed by atoms with Crippen LogP contribution in [0.3, 0.4) is 0 Å². The van der Waals surface area contributed by atoms with Crippen LogP contribution in [-0.4, -0.2) is 24.0 Å². The summed E-state index contributed by atoms with van der Waals surface area (Å²) in [4.78, 5) is 2.49. The maximum atomic E-state index is 2.49. The third-order valence-corrected chi connectivity index (χ3v) is 3.19. The zero-order valence-corrected chi connectivity index (χ0v) is 7.59. The van der Waals surface area contributed by atoms with Crippen LogP contribution in [-0.2, 0) is 0 Å². The van der Waals surface area contributed by atoms with Crippen molar-refractivity contribution in [3.05, 3.63) is 0 Å². The van der Waals surface area contributed by atoms with Gasteiger partial charge in [0.15, 0.2) is 0 Å². The molecule has 1 fully saturated rings. The van der Waals surface area contributed by atoms with Crippen LogP contribution in [0.15, 0.2) is 0 Å². The Balaban J connectivity index is 2.53. The lowest BCUT2D eigenvalue weighted by Gasteiger charge is -2.21. The van der Waals surface area contributed by atoms with E-state index in [0.29, 0.717) is 0 Å². The van der Waals surface area contributed by atoms with Crippen LogP contribution in [0.2, 0.25) is 0 Å². The minimum Gasteiger partial charge on any atom is -0.301 e. The Bertz CT molecular complexity index is 111. The molecule has 0 aromatic heterocycles. The van der Waals surface area contributed by atoms with E-state index in [4.69, 9.17) is 0 Å². The third kappa shape index (κ3) is 1.20. The highest BCUT2D eigenvalue weighted by Crippen LogP contribution is 2.29. The maximum Gasteiger partial charge on any atom is 0.00954 e. The fraction of sp³-hybridized carbons (Fsp3) is 1.00. The Kier molecular flexibility index (Phi) is 2.35. The van der Waals surface area contributed by atoms with E-state index < -0.39 is 0 Å². The van der Waals surface area contributed by atoms with Crippen LogP contribution in [0.4, 0.5) is 0 Å². The predicted molar refractivity (Wildman–Crippen MR) is 45.1 cm³/mol. The fourth-order valence-electron chi connectivity index (χ4n) is 2.04. The summed E-state index contributed by atoms with van der Waals surface area (Å²) in [6.07, 6.45) is 2.74. The zero-order valence-electron chi connectivity index (χ0n) is 7.59. The largest absolute Gasteiger partial charge is 0.301 e. The van der Waals surface area contributed by atoms with Crippen molar-refractivity contribution >= 4 is 0 Å². The summed E-state index contributed by atoms with van der Waals surface area (Å²) in [7, 11) is 2.24. The highest BCUT2D eigenvalue weighted by atomic mass is 15.2. The first-order chi connectivity index (χ1) is 4.66. The van der Waals surface area contributed by atoms with E-state index >= 15 is 0 Å². The number of nitrogens with zero attached hydrogens (tertiary/aromatic N) is 1. The molecule has 3 atom stereocenters. The molecule has 1 rings (SSSR count). The lowest BCUT2D eigenvalue weighted by atomic mass is 9.98. The van der Waals surface area contributed by atoms with Crippen molar-refractivity contribution in [3.63, 3.8) is 0 Å². The molecule has 60 valence electrons. The van der Waals surface area contributed by atoms with Crippen molar-refractivity contribution < 1.29 is 0 Å². The molecule has 0 saturated carbocycles. The Hall–Kier alpha value is -0.0400. The van der Waals surface area contributed by atoms with Crippen LogP contribution in [0, 0.1) is 5.92 Å². The van der Waals surface area contributed by atoms with Crippen molar-refractivity contribution in [3.8, 4) is 0 Å². The zero-order chi connectivity index (χ0) is 7.72. The number of hydrogen-bond donors (Lipinski definition) is 0. The van der Waals surface area contributed by atoms with E-state index in [9.17, 15) is 0 Å². The van der Waals surface area contributed by atoms with Crippen LogP contribution >= 0.6 is 0 Å². The van der Waals surface area contributed by atoms with E-state index in [0.717, 1.165) is 18.0 Å². The second-order valence-corrected chi connectivity index (χ2v) is 3.66.